The summed E-state index contributed by atoms with van der Waals surface area (Å²) in [5.41, 5.74) is 2.57. The predicted octanol–water partition coefficient (Wildman–Crippen LogP) is 2.10. The van der Waals surface area contributed by atoms with Gasteiger partial charge in [0, 0.05) is 13.1 Å². The third kappa shape index (κ3) is 3.38. The number of carbonyl (C=O) groups is 1. The number of rotatable bonds is 6. The molecule has 0 saturated heterocycles. The lowest BCUT2D eigenvalue weighted by Gasteiger charge is -2.30. The van der Waals surface area contributed by atoms with Gasteiger partial charge >= 0.3 is 5.97 Å². The monoisotopic (exact) mass is 275 g/mol. The highest BCUT2D eigenvalue weighted by atomic mass is 16.5. The van der Waals surface area contributed by atoms with E-state index >= 15 is 0 Å². The zero-order valence-corrected chi connectivity index (χ0v) is 11.6. The molecule has 0 aromatic heterocycles. The average Bonchev–Trinajstić information content (AvgIpc) is 3.22. The van der Waals surface area contributed by atoms with Crippen LogP contribution in [0, 0.1) is 5.92 Å². The van der Waals surface area contributed by atoms with E-state index in [0.717, 1.165) is 19.6 Å². The first-order chi connectivity index (χ1) is 9.72. The molecule has 1 aliphatic heterocycles. The van der Waals surface area contributed by atoms with Crippen molar-refractivity contribution in [3.63, 3.8) is 0 Å². The first kappa shape index (κ1) is 13.6. The zero-order valence-electron chi connectivity index (χ0n) is 11.6. The molecule has 20 heavy (non-hydrogen) atoms. The van der Waals surface area contributed by atoms with Crippen LogP contribution in [0.25, 0.3) is 0 Å². The van der Waals surface area contributed by atoms with E-state index in [9.17, 15) is 4.79 Å². The van der Waals surface area contributed by atoms with Gasteiger partial charge in [-0.15, -0.1) is 0 Å². The van der Waals surface area contributed by atoms with Gasteiger partial charge in [0.15, 0.2) is 0 Å². The Hall–Kier alpha value is -1.39. The van der Waals surface area contributed by atoms with Crippen molar-refractivity contribution in [2.24, 2.45) is 5.92 Å². The van der Waals surface area contributed by atoms with Gasteiger partial charge in [-0.2, -0.15) is 0 Å². The van der Waals surface area contributed by atoms with E-state index in [1.807, 2.05) is 11.0 Å². The number of hydrogen-bond acceptors (Lipinski definition) is 3. The van der Waals surface area contributed by atoms with Crippen LogP contribution in [0.3, 0.4) is 0 Å². The smallest absolute Gasteiger partial charge is 0.317 e. The van der Waals surface area contributed by atoms with Gasteiger partial charge in [-0.3, -0.25) is 9.69 Å². The molecule has 1 aliphatic carbocycles. The third-order valence-corrected chi connectivity index (χ3v) is 4.09. The molecule has 4 nitrogen and oxygen atoms in total. The fourth-order valence-corrected chi connectivity index (χ4v) is 2.92. The minimum absolute atomic E-state index is 0.0121. The molecule has 1 atom stereocenters. The number of aliphatic carboxylic acids is 1. The molecule has 0 spiro atoms. The van der Waals surface area contributed by atoms with Crippen LogP contribution in [0.2, 0.25) is 0 Å². The van der Waals surface area contributed by atoms with Crippen molar-refractivity contribution in [2.45, 2.75) is 25.4 Å². The van der Waals surface area contributed by atoms with Crippen LogP contribution < -0.4 is 0 Å². The highest BCUT2D eigenvalue weighted by Gasteiger charge is 2.28. The summed E-state index contributed by atoms with van der Waals surface area (Å²) in [6.45, 7) is 2.40. The lowest BCUT2D eigenvalue weighted by Crippen LogP contribution is -2.37. The topological polar surface area (TPSA) is 49.8 Å². The molecule has 0 amide bonds. The number of fused-ring (bicyclic) bond motifs is 1. The van der Waals surface area contributed by atoms with Crippen LogP contribution >= 0.6 is 0 Å². The molecule has 1 aromatic carbocycles. The summed E-state index contributed by atoms with van der Waals surface area (Å²) in [5, 5.41) is 9.06. The molecule has 0 bridgehead atoms. The van der Waals surface area contributed by atoms with Crippen molar-refractivity contribution in [3.8, 4) is 0 Å². The molecule has 108 valence electrons. The Morgan fingerprint density at radius 2 is 2.10 bits per heavy atom. The van der Waals surface area contributed by atoms with Crippen molar-refractivity contribution >= 4 is 5.97 Å². The fourth-order valence-electron chi connectivity index (χ4n) is 2.92. The maximum absolute atomic E-state index is 11.0. The Bertz CT molecular complexity index is 484. The quantitative estimate of drug-likeness (QED) is 0.863. The van der Waals surface area contributed by atoms with E-state index in [4.69, 9.17) is 9.84 Å². The van der Waals surface area contributed by atoms with Crippen molar-refractivity contribution in [2.75, 3.05) is 26.2 Å². The van der Waals surface area contributed by atoms with Crippen LogP contribution in [-0.2, 0) is 16.0 Å². The normalized spacial score (nSPS) is 21.8. The lowest BCUT2D eigenvalue weighted by atomic mass is 9.97. The molecule has 1 saturated carbocycles. The summed E-state index contributed by atoms with van der Waals surface area (Å²) < 4.78 is 5.88. The highest BCUT2D eigenvalue weighted by Crippen LogP contribution is 2.32. The summed E-state index contributed by atoms with van der Waals surface area (Å²) >= 11 is 0. The van der Waals surface area contributed by atoms with Crippen molar-refractivity contribution in [1.82, 2.24) is 4.90 Å². The van der Waals surface area contributed by atoms with Gasteiger partial charge in [-0.1, -0.05) is 24.3 Å². The van der Waals surface area contributed by atoms with Crippen LogP contribution in [0.15, 0.2) is 24.3 Å². The molecule has 2 aliphatic rings. The van der Waals surface area contributed by atoms with Crippen molar-refractivity contribution in [1.29, 1.82) is 0 Å². The number of carboxylic acids is 1. The van der Waals surface area contributed by atoms with E-state index in [0.29, 0.717) is 12.5 Å². The second kappa shape index (κ2) is 5.94. The first-order valence-electron chi connectivity index (χ1n) is 7.36. The number of ether oxygens (including phenoxy) is 1. The summed E-state index contributed by atoms with van der Waals surface area (Å²) in [6.07, 6.45) is 3.43. The van der Waals surface area contributed by atoms with Gasteiger partial charge < -0.3 is 9.84 Å². The number of nitrogens with zero attached hydrogens (tertiary/aromatic N) is 1. The maximum Gasteiger partial charge on any atom is 0.317 e. The fraction of sp³-hybridized carbons (Fsp3) is 0.562. The van der Waals surface area contributed by atoms with Crippen LogP contribution in [0.4, 0.5) is 0 Å². The number of benzene rings is 1. The van der Waals surface area contributed by atoms with E-state index < -0.39 is 5.97 Å². The standard InChI is InChI=1S/C16H21NO3/c18-16(19)11-17(9-12-5-6-12)10-15-14-4-2-1-3-13(14)7-8-20-15/h1-4,12,15H,5-11H2,(H,18,19). The van der Waals surface area contributed by atoms with Crippen molar-refractivity contribution in [3.05, 3.63) is 35.4 Å². The molecular formula is C16H21NO3. The molecule has 4 heteroatoms. The Balaban J connectivity index is 1.69. The zero-order chi connectivity index (χ0) is 13.9. The van der Waals surface area contributed by atoms with E-state index in [1.165, 1.54) is 24.0 Å². The average molecular weight is 275 g/mol. The van der Waals surface area contributed by atoms with E-state index in [2.05, 4.69) is 18.2 Å². The Kier molecular flexibility index (Phi) is 4.03. The van der Waals surface area contributed by atoms with Gasteiger partial charge in [0.1, 0.15) is 0 Å². The number of hydrogen-bond donors (Lipinski definition) is 1. The van der Waals surface area contributed by atoms with Crippen LogP contribution in [-0.4, -0.2) is 42.2 Å². The largest absolute Gasteiger partial charge is 0.480 e. The minimum Gasteiger partial charge on any atom is -0.480 e. The second-order valence-electron chi connectivity index (χ2n) is 5.84. The van der Waals surface area contributed by atoms with E-state index in [1.54, 1.807) is 0 Å². The molecule has 1 unspecified atom stereocenters. The van der Waals surface area contributed by atoms with Gasteiger partial charge in [-0.05, 0) is 36.3 Å². The Morgan fingerprint density at radius 1 is 1.30 bits per heavy atom. The summed E-state index contributed by atoms with van der Waals surface area (Å²) in [4.78, 5) is 13.1. The van der Waals surface area contributed by atoms with E-state index in [-0.39, 0.29) is 12.6 Å². The summed E-state index contributed by atoms with van der Waals surface area (Å²) in [5.74, 6) is -0.0667. The Labute approximate surface area is 119 Å². The molecule has 1 heterocycles. The predicted molar refractivity (Wildman–Crippen MR) is 75.6 cm³/mol. The molecule has 1 N–H and O–H groups in total. The Morgan fingerprint density at radius 3 is 2.85 bits per heavy atom. The second-order valence-corrected chi connectivity index (χ2v) is 5.84. The van der Waals surface area contributed by atoms with Gasteiger partial charge in [0.2, 0.25) is 0 Å². The summed E-state index contributed by atoms with van der Waals surface area (Å²) in [7, 11) is 0. The molecule has 1 aromatic rings. The van der Waals surface area contributed by atoms with Crippen LogP contribution in [0.1, 0.15) is 30.1 Å². The molecule has 0 radical (unpaired) electrons. The van der Waals surface area contributed by atoms with Gasteiger partial charge in [0.05, 0.1) is 19.3 Å². The van der Waals surface area contributed by atoms with Crippen molar-refractivity contribution < 1.29 is 14.6 Å². The summed E-state index contributed by atoms with van der Waals surface area (Å²) in [6, 6.07) is 8.34. The molecule has 3 rings (SSSR count). The van der Waals surface area contributed by atoms with Crippen LogP contribution in [0.5, 0.6) is 0 Å². The van der Waals surface area contributed by atoms with Gasteiger partial charge in [0.25, 0.3) is 0 Å². The highest BCUT2D eigenvalue weighted by molar-refractivity contribution is 5.69. The number of carboxylic acid groups (broad SMARTS) is 1. The maximum atomic E-state index is 11.0. The minimum atomic E-state index is -0.755. The first-order valence-corrected chi connectivity index (χ1v) is 7.36. The SMILES string of the molecule is O=C(O)CN(CC1CC1)CC1OCCc2ccccc21. The molecule has 1 fully saturated rings. The molecular weight excluding hydrogens is 254 g/mol. The third-order valence-electron chi connectivity index (χ3n) is 4.09. The van der Waals surface area contributed by atoms with Gasteiger partial charge in [-0.25, -0.2) is 0 Å². The lowest BCUT2D eigenvalue weighted by molar-refractivity contribution is -0.138.